The number of β-amino-alcohol motifs (C(OH)–C–C–N with tert-alkyl or cyclic N) is 1. The van der Waals surface area contributed by atoms with Crippen molar-refractivity contribution in [1.29, 1.82) is 0 Å². The number of aliphatic hydroxyl groups is 2. The van der Waals surface area contributed by atoms with E-state index in [1.165, 1.54) is 4.90 Å². The van der Waals surface area contributed by atoms with E-state index in [0.29, 0.717) is 11.1 Å². The number of Topliss-reactive ketones (excluding diaryl/α,β-unsaturated/α-hetero) is 1. The SMILES string of the molecule is Cc1ccc(C(O)=C2C(=O)C(=O)N(CCO)[C@H]2c2ccccc2)cc1. The molecule has 2 aromatic carbocycles. The minimum atomic E-state index is -0.736. The van der Waals surface area contributed by atoms with Gasteiger partial charge in [-0.05, 0) is 12.5 Å². The highest BCUT2D eigenvalue weighted by Gasteiger charge is 2.45. The number of benzene rings is 2. The minimum absolute atomic E-state index is 0.0226. The van der Waals surface area contributed by atoms with E-state index in [2.05, 4.69) is 0 Å². The first-order valence-corrected chi connectivity index (χ1v) is 8.06. The second-order valence-corrected chi connectivity index (χ2v) is 5.99. The summed E-state index contributed by atoms with van der Waals surface area (Å²) < 4.78 is 0. The number of likely N-dealkylation sites (tertiary alicyclic amines) is 1. The molecule has 128 valence electrons. The van der Waals surface area contributed by atoms with Crippen LogP contribution in [0.4, 0.5) is 0 Å². The van der Waals surface area contributed by atoms with Crippen LogP contribution >= 0.6 is 0 Å². The average molecular weight is 337 g/mol. The first kappa shape index (κ1) is 16.9. The molecule has 1 atom stereocenters. The Morgan fingerprint density at radius 1 is 1.04 bits per heavy atom. The number of ketones is 1. The molecule has 1 heterocycles. The molecule has 0 saturated carbocycles. The molecule has 0 radical (unpaired) electrons. The van der Waals surface area contributed by atoms with Gasteiger partial charge in [-0.25, -0.2) is 0 Å². The summed E-state index contributed by atoms with van der Waals surface area (Å²) in [6.45, 7) is 1.68. The van der Waals surface area contributed by atoms with Crippen molar-refractivity contribution in [2.24, 2.45) is 0 Å². The van der Waals surface area contributed by atoms with E-state index in [-0.39, 0.29) is 24.5 Å². The third kappa shape index (κ3) is 3.06. The molecule has 0 aromatic heterocycles. The standard InChI is InChI=1S/C20H19NO4/c1-13-7-9-15(10-8-13)18(23)16-17(14-5-3-2-4-6-14)21(11-12-22)20(25)19(16)24/h2-10,17,22-23H,11-12H2,1H3/t17-/m0/s1. The van der Waals surface area contributed by atoms with Crippen LogP contribution in [-0.4, -0.2) is 40.0 Å². The number of carbonyl (C=O) groups excluding carboxylic acids is 2. The van der Waals surface area contributed by atoms with E-state index >= 15 is 0 Å². The van der Waals surface area contributed by atoms with E-state index in [1.54, 1.807) is 36.4 Å². The number of nitrogens with zero attached hydrogens (tertiary/aromatic N) is 1. The molecule has 1 amide bonds. The smallest absolute Gasteiger partial charge is 0.295 e. The third-order valence-corrected chi connectivity index (χ3v) is 4.32. The van der Waals surface area contributed by atoms with Gasteiger partial charge < -0.3 is 15.1 Å². The molecule has 1 saturated heterocycles. The van der Waals surface area contributed by atoms with Crippen LogP contribution in [0.25, 0.3) is 5.76 Å². The fraction of sp³-hybridized carbons (Fsp3) is 0.200. The first-order valence-electron chi connectivity index (χ1n) is 8.06. The quantitative estimate of drug-likeness (QED) is 0.510. The van der Waals surface area contributed by atoms with E-state index in [4.69, 9.17) is 0 Å². The van der Waals surface area contributed by atoms with Crippen LogP contribution in [0.5, 0.6) is 0 Å². The van der Waals surface area contributed by atoms with Crippen molar-refractivity contribution in [3.63, 3.8) is 0 Å². The van der Waals surface area contributed by atoms with Crippen molar-refractivity contribution >= 4 is 17.4 Å². The largest absolute Gasteiger partial charge is 0.507 e. The van der Waals surface area contributed by atoms with Gasteiger partial charge in [-0.3, -0.25) is 9.59 Å². The number of aliphatic hydroxyl groups excluding tert-OH is 2. The lowest BCUT2D eigenvalue weighted by Crippen LogP contribution is -2.32. The zero-order chi connectivity index (χ0) is 18.0. The van der Waals surface area contributed by atoms with Gasteiger partial charge in [-0.15, -0.1) is 0 Å². The predicted molar refractivity (Wildman–Crippen MR) is 93.7 cm³/mol. The summed E-state index contributed by atoms with van der Waals surface area (Å²) in [6, 6.07) is 15.4. The maximum absolute atomic E-state index is 12.6. The molecular weight excluding hydrogens is 318 g/mol. The highest BCUT2D eigenvalue weighted by molar-refractivity contribution is 6.46. The van der Waals surface area contributed by atoms with Crippen LogP contribution in [0.2, 0.25) is 0 Å². The zero-order valence-electron chi connectivity index (χ0n) is 13.8. The zero-order valence-corrected chi connectivity index (χ0v) is 13.8. The highest BCUT2D eigenvalue weighted by Crippen LogP contribution is 2.38. The number of hydrogen-bond donors (Lipinski definition) is 2. The summed E-state index contributed by atoms with van der Waals surface area (Å²) >= 11 is 0. The number of hydrogen-bond acceptors (Lipinski definition) is 4. The summed E-state index contributed by atoms with van der Waals surface area (Å²) in [5.74, 6) is -1.65. The summed E-state index contributed by atoms with van der Waals surface area (Å²) in [5, 5.41) is 20.0. The molecule has 0 spiro atoms. The summed E-state index contributed by atoms with van der Waals surface area (Å²) in [5.41, 5.74) is 2.27. The molecular formula is C20H19NO4. The van der Waals surface area contributed by atoms with Crippen molar-refractivity contribution < 1.29 is 19.8 Å². The third-order valence-electron chi connectivity index (χ3n) is 4.32. The monoisotopic (exact) mass is 337 g/mol. The molecule has 2 N–H and O–H groups in total. The molecule has 2 aromatic rings. The van der Waals surface area contributed by atoms with Crippen LogP contribution in [0.3, 0.4) is 0 Å². The van der Waals surface area contributed by atoms with Gasteiger partial charge in [0.15, 0.2) is 0 Å². The Hall–Kier alpha value is -2.92. The van der Waals surface area contributed by atoms with Crippen LogP contribution in [-0.2, 0) is 9.59 Å². The maximum atomic E-state index is 12.6. The van der Waals surface area contributed by atoms with Crippen LogP contribution < -0.4 is 0 Å². The predicted octanol–water partition coefficient (Wildman–Crippen LogP) is 2.41. The number of rotatable bonds is 4. The molecule has 25 heavy (non-hydrogen) atoms. The summed E-state index contributed by atoms with van der Waals surface area (Å²) in [4.78, 5) is 26.3. The fourth-order valence-corrected chi connectivity index (χ4v) is 3.07. The minimum Gasteiger partial charge on any atom is -0.507 e. The Kier molecular flexibility index (Phi) is 4.67. The second-order valence-electron chi connectivity index (χ2n) is 5.99. The lowest BCUT2D eigenvalue weighted by molar-refractivity contribution is -0.140. The molecule has 1 fully saturated rings. The van der Waals surface area contributed by atoms with Gasteiger partial charge in [-0.1, -0.05) is 60.2 Å². The van der Waals surface area contributed by atoms with Gasteiger partial charge in [0.05, 0.1) is 18.2 Å². The lowest BCUT2D eigenvalue weighted by atomic mass is 9.95. The molecule has 3 rings (SSSR count). The fourth-order valence-electron chi connectivity index (χ4n) is 3.07. The summed E-state index contributed by atoms with van der Waals surface area (Å²) in [7, 11) is 0. The molecule has 0 bridgehead atoms. The second kappa shape index (κ2) is 6.91. The van der Waals surface area contributed by atoms with Crippen molar-refractivity contribution in [1.82, 2.24) is 4.90 Å². The number of carbonyl (C=O) groups is 2. The average Bonchev–Trinajstić information content (AvgIpc) is 2.88. The van der Waals surface area contributed by atoms with Crippen LogP contribution in [0.15, 0.2) is 60.2 Å². The maximum Gasteiger partial charge on any atom is 0.295 e. The Labute approximate surface area is 145 Å². The topological polar surface area (TPSA) is 77.8 Å². The molecule has 1 aliphatic heterocycles. The van der Waals surface area contributed by atoms with Crippen molar-refractivity contribution in [3.05, 3.63) is 76.9 Å². The van der Waals surface area contributed by atoms with Crippen molar-refractivity contribution in [2.75, 3.05) is 13.2 Å². The highest BCUT2D eigenvalue weighted by atomic mass is 16.3. The van der Waals surface area contributed by atoms with Gasteiger partial charge in [0, 0.05) is 12.1 Å². The Balaban J connectivity index is 2.17. The number of amides is 1. The molecule has 5 heteroatoms. The van der Waals surface area contributed by atoms with Crippen molar-refractivity contribution in [3.8, 4) is 0 Å². The van der Waals surface area contributed by atoms with Gasteiger partial charge >= 0.3 is 0 Å². The molecule has 5 nitrogen and oxygen atoms in total. The van der Waals surface area contributed by atoms with E-state index in [9.17, 15) is 19.8 Å². The normalized spacial score (nSPS) is 19.4. The van der Waals surface area contributed by atoms with Crippen LogP contribution in [0, 0.1) is 6.92 Å². The van der Waals surface area contributed by atoms with E-state index < -0.39 is 17.7 Å². The number of aryl methyl sites for hydroxylation is 1. The molecule has 0 aliphatic carbocycles. The lowest BCUT2D eigenvalue weighted by Gasteiger charge is -2.24. The molecule has 1 aliphatic rings. The Morgan fingerprint density at radius 3 is 2.28 bits per heavy atom. The van der Waals surface area contributed by atoms with Gasteiger partial charge in [-0.2, -0.15) is 0 Å². The Morgan fingerprint density at radius 2 is 1.68 bits per heavy atom. The summed E-state index contributed by atoms with van der Waals surface area (Å²) in [6.07, 6.45) is 0. The van der Waals surface area contributed by atoms with Gasteiger partial charge in [0.1, 0.15) is 5.76 Å². The van der Waals surface area contributed by atoms with Crippen molar-refractivity contribution in [2.45, 2.75) is 13.0 Å². The van der Waals surface area contributed by atoms with Gasteiger partial charge in [0.2, 0.25) is 0 Å². The first-order chi connectivity index (χ1) is 12.0. The van der Waals surface area contributed by atoms with E-state index in [0.717, 1.165) is 5.56 Å². The van der Waals surface area contributed by atoms with Gasteiger partial charge in [0.25, 0.3) is 11.7 Å². The molecule has 0 unspecified atom stereocenters. The Bertz CT molecular complexity index is 825. The van der Waals surface area contributed by atoms with E-state index in [1.807, 2.05) is 25.1 Å². The van der Waals surface area contributed by atoms with Crippen LogP contribution in [0.1, 0.15) is 22.7 Å².